The van der Waals surface area contributed by atoms with E-state index in [0.29, 0.717) is 17.1 Å². The zero-order valence-corrected chi connectivity index (χ0v) is 13.8. The maximum Gasteiger partial charge on any atom is 0.234 e. The zero-order valence-electron chi connectivity index (χ0n) is 13.0. The van der Waals surface area contributed by atoms with Crippen LogP contribution >= 0.6 is 11.8 Å². The zero-order chi connectivity index (χ0) is 16.7. The molecule has 0 aromatic heterocycles. The molecule has 0 saturated carbocycles. The molecule has 2 amide bonds. The topological polar surface area (TPSA) is 67.4 Å². The van der Waals surface area contributed by atoms with Crippen LogP contribution in [0, 0.1) is 0 Å². The van der Waals surface area contributed by atoms with Crippen LogP contribution in [0.15, 0.2) is 53.4 Å². The Kier molecular flexibility index (Phi) is 6.05. The summed E-state index contributed by atoms with van der Waals surface area (Å²) in [7, 11) is 1.61. The number of thioether (sulfide) groups is 1. The molecule has 0 heterocycles. The lowest BCUT2D eigenvalue weighted by atomic mass is 10.3. The van der Waals surface area contributed by atoms with Gasteiger partial charge in [0.15, 0.2) is 0 Å². The lowest BCUT2D eigenvalue weighted by Crippen LogP contribution is -2.14. The standard InChI is InChI=1S/C17H18N2O3S/c1-12(20)18-13-6-8-14(9-7-13)19-17(21)11-23-16-5-3-4-15(10-16)22-2/h3-10H,11H2,1-2H3,(H,18,20)(H,19,21). The number of benzene rings is 2. The van der Waals surface area contributed by atoms with Crippen LogP contribution in [0.4, 0.5) is 11.4 Å². The highest BCUT2D eigenvalue weighted by atomic mass is 32.2. The number of rotatable bonds is 6. The van der Waals surface area contributed by atoms with Crippen molar-refractivity contribution in [2.45, 2.75) is 11.8 Å². The largest absolute Gasteiger partial charge is 0.497 e. The van der Waals surface area contributed by atoms with Crippen molar-refractivity contribution in [1.82, 2.24) is 0 Å². The Bertz CT molecular complexity index is 686. The summed E-state index contributed by atoms with van der Waals surface area (Å²) in [5, 5.41) is 5.49. The van der Waals surface area contributed by atoms with Gasteiger partial charge >= 0.3 is 0 Å². The van der Waals surface area contributed by atoms with Gasteiger partial charge in [-0.25, -0.2) is 0 Å². The average molecular weight is 330 g/mol. The van der Waals surface area contributed by atoms with E-state index >= 15 is 0 Å². The maximum absolute atomic E-state index is 12.0. The van der Waals surface area contributed by atoms with Gasteiger partial charge in [-0.2, -0.15) is 0 Å². The lowest BCUT2D eigenvalue weighted by molar-refractivity contribution is -0.114. The van der Waals surface area contributed by atoms with Crippen molar-refractivity contribution in [1.29, 1.82) is 0 Å². The SMILES string of the molecule is COc1cccc(SCC(=O)Nc2ccc(NC(C)=O)cc2)c1. The van der Waals surface area contributed by atoms with Gasteiger partial charge in [0.2, 0.25) is 11.8 Å². The number of ether oxygens (including phenoxy) is 1. The summed E-state index contributed by atoms with van der Waals surface area (Å²) in [5.74, 6) is 0.853. The lowest BCUT2D eigenvalue weighted by Gasteiger charge is -2.07. The van der Waals surface area contributed by atoms with Gasteiger partial charge in [0, 0.05) is 23.2 Å². The van der Waals surface area contributed by atoms with E-state index in [1.54, 1.807) is 31.4 Å². The molecule has 120 valence electrons. The monoisotopic (exact) mass is 330 g/mol. The molecule has 0 aliphatic rings. The van der Waals surface area contributed by atoms with Crippen LogP contribution in [0.1, 0.15) is 6.92 Å². The summed E-state index contributed by atoms with van der Waals surface area (Å²) < 4.78 is 5.15. The van der Waals surface area contributed by atoms with Crippen molar-refractivity contribution in [2.24, 2.45) is 0 Å². The molecule has 0 spiro atoms. The Morgan fingerprint density at radius 1 is 1.04 bits per heavy atom. The molecule has 0 bridgehead atoms. The van der Waals surface area contributed by atoms with E-state index in [1.165, 1.54) is 18.7 Å². The van der Waals surface area contributed by atoms with Gasteiger partial charge in [0.05, 0.1) is 12.9 Å². The number of amides is 2. The van der Waals surface area contributed by atoms with E-state index in [0.717, 1.165) is 10.6 Å². The quantitative estimate of drug-likeness (QED) is 0.797. The van der Waals surface area contributed by atoms with E-state index in [4.69, 9.17) is 4.74 Å². The minimum Gasteiger partial charge on any atom is -0.497 e. The van der Waals surface area contributed by atoms with Crippen LogP contribution < -0.4 is 15.4 Å². The summed E-state index contributed by atoms with van der Waals surface area (Å²) in [6.07, 6.45) is 0. The number of nitrogens with one attached hydrogen (secondary N) is 2. The molecule has 6 heteroatoms. The molecule has 0 radical (unpaired) electrons. The molecule has 0 aliphatic heterocycles. The molecule has 23 heavy (non-hydrogen) atoms. The van der Waals surface area contributed by atoms with Gasteiger partial charge in [0.25, 0.3) is 0 Å². The van der Waals surface area contributed by atoms with Crippen molar-refractivity contribution in [3.8, 4) is 5.75 Å². The van der Waals surface area contributed by atoms with Crippen molar-refractivity contribution in [2.75, 3.05) is 23.5 Å². The predicted octanol–water partition coefficient (Wildman–Crippen LogP) is 3.38. The van der Waals surface area contributed by atoms with Crippen LogP contribution in [0.25, 0.3) is 0 Å². The Morgan fingerprint density at radius 3 is 2.30 bits per heavy atom. The second-order valence-corrected chi connectivity index (χ2v) is 5.82. The van der Waals surface area contributed by atoms with E-state index in [-0.39, 0.29) is 11.8 Å². The molecule has 0 atom stereocenters. The Morgan fingerprint density at radius 2 is 1.70 bits per heavy atom. The first kappa shape index (κ1) is 16.9. The van der Waals surface area contributed by atoms with Gasteiger partial charge in [-0.15, -0.1) is 11.8 Å². The van der Waals surface area contributed by atoms with Crippen molar-refractivity contribution < 1.29 is 14.3 Å². The van der Waals surface area contributed by atoms with Gasteiger partial charge in [-0.1, -0.05) is 6.07 Å². The fourth-order valence-electron chi connectivity index (χ4n) is 1.88. The second kappa shape index (κ2) is 8.24. The number of hydrogen-bond acceptors (Lipinski definition) is 4. The minimum atomic E-state index is -0.128. The molecule has 0 fully saturated rings. The molecule has 2 aromatic carbocycles. The van der Waals surface area contributed by atoms with Crippen molar-refractivity contribution >= 4 is 35.0 Å². The number of anilines is 2. The molecule has 2 aromatic rings. The summed E-state index contributed by atoms with van der Waals surface area (Å²) in [4.78, 5) is 23.9. The summed E-state index contributed by atoms with van der Waals surface area (Å²) >= 11 is 1.44. The minimum absolute atomic E-state index is 0.0925. The Hall–Kier alpha value is -2.47. The number of methoxy groups -OCH3 is 1. The second-order valence-electron chi connectivity index (χ2n) is 4.77. The van der Waals surface area contributed by atoms with E-state index < -0.39 is 0 Å². The third-order valence-corrected chi connectivity index (χ3v) is 3.89. The highest BCUT2D eigenvalue weighted by molar-refractivity contribution is 8.00. The van der Waals surface area contributed by atoms with Crippen LogP contribution in [0.2, 0.25) is 0 Å². The van der Waals surface area contributed by atoms with E-state index in [2.05, 4.69) is 10.6 Å². The highest BCUT2D eigenvalue weighted by Crippen LogP contribution is 2.23. The normalized spacial score (nSPS) is 10.0. The number of hydrogen-bond donors (Lipinski definition) is 2. The molecule has 0 saturated heterocycles. The fraction of sp³-hybridized carbons (Fsp3) is 0.176. The Balaban J connectivity index is 1.85. The molecule has 0 aliphatic carbocycles. The molecule has 2 rings (SSSR count). The first-order chi connectivity index (χ1) is 11.1. The summed E-state index contributed by atoms with van der Waals surface area (Å²) in [6.45, 7) is 1.45. The van der Waals surface area contributed by atoms with E-state index in [9.17, 15) is 9.59 Å². The third-order valence-electron chi connectivity index (χ3n) is 2.90. The molecule has 0 unspecified atom stereocenters. The van der Waals surface area contributed by atoms with Gasteiger partial charge in [-0.3, -0.25) is 9.59 Å². The van der Waals surface area contributed by atoms with Gasteiger partial charge in [0.1, 0.15) is 5.75 Å². The fourth-order valence-corrected chi connectivity index (χ4v) is 2.62. The summed E-state index contributed by atoms with van der Waals surface area (Å²) in [5.41, 5.74) is 1.39. The van der Waals surface area contributed by atoms with Crippen LogP contribution in [-0.4, -0.2) is 24.7 Å². The van der Waals surface area contributed by atoms with Gasteiger partial charge in [-0.05, 0) is 42.5 Å². The predicted molar refractivity (Wildman–Crippen MR) is 93.1 cm³/mol. The molecular formula is C17H18N2O3S. The average Bonchev–Trinajstić information content (AvgIpc) is 2.54. The van der Waals surface area contributed by atoms with Crippen LogP contribution in [0.5, 0.6) is 5.75 Å². The highest BCUT2D eigenvalue weighted by Gasteiger charge is 2.05. The molecule has 2 N–H and O–H groups in total. The van der Waals surface area contributed by atoms with Crippen molar-refractivity contribution in [3.63, 3.8) is 0 Å². The van der Waals surface area contributed by atoms with Crippen molar-refractivity contribution in [3.05, 3.63) is 48.5 Å². The molecule has 5 nitrogen and oxygen atoms in total. The number of carbonyl (C=O) groups excluding carboxylic acids is 2. The Labute approximate surface area is 139 Å². The van der Waals surface area contributed by atoms with Gasteiger partial charge < -0.3 is 15.4 Å². The first-order valence-corrected chi connectivity index (χ1v) is 8.00. The van der Waals surface area contributed by atoms with Crippen LogP contribution in [0.3, 0.4) is 0 Å². The smallest absolute Gasteiger partial charge is 0.234 e. The summed E-state index contributed by atoms with van der Waals surface area (Å²) in [6, 6.07) is 14.6. The van der Waals surface area contributed by atoms with E-state index in [1.807, 2.05) is 24.3 Å². The van der Waals surface area contributed by atoms with Crippen LogP contribution in [-0.2, 0) is 9.59 Å². The maximum atomic E-state index is 12.0. The molecular weight excluding hydrogens is 312 g/mol. The first-order valence-electron chi connectivity index (χ1n) is 7.01. The third kappa shape index (κ3) is 5.67. The number of carbonyl (C=O) groups is 2.